The second-order valence-electron chi connectivity index (χ2n) is 6.91. The highest BCUT2D eigenvalue weighted by Crippen LogP contribution is 2.32. The average Bonchev–Trinajstić information content (AvgIpc) is 3.32. The summed E-state index contributed by atoms with van der Waals surface area (Å²) in [4.78, 5) is 13.9. The van der Waals surface area contributed by atoms with Gasteiger partial charge in [0.05, 0.1) is 6.10 Å². The molecular weight excluding hydrogens is 318 g/mol. The Labute approximate surface area is 148 Å². The molecule has 1 fully saturated rings. The van der Waals surface area contributed by atoms with Crippen molar-refractivity contribution in [2.75, 3.05) is 13.6 Å². The van der Waals surface area contributed by atoms with Crippen molar-refractivity contribution in [2.24, 2.45) is 5.92 Å². The number of likely N-dealkylation sites (N-methyl/N-ethyl adjacent to an activating group) is 1. The van der Waals surface area contributed by atoms with E-state index in [0.29, 0.717) is 18.2 Å². The van der Waals surface area contributed by atoms with Crippen LogP contribution in [0.5, 0.6) is 5.75 Å². The van der Waals surface area contributed by atoms with Gasteiger partial charge < -0.3 is 19.2 Å². The summed E-state index contributed by atoms with van der Waals surface area (Å²) in [7, 11) is 1.68. The Morgan fingerprint density at radius 1 is 1.32 bits per heavy atom. The predicted molar refractivity (Wildman–Crippen MR) is 94.6 cm³/mol. The molecule has 134 valence electrons. The monoisotopic (exact) mass is 343 g/mol. The van der Waals surface area contributed by atoms with E-state index in [0.717, 1.165) is 24.2 Å². The van der Waals surface area contributed by atoms with Gasteiger partial charge in [0, 0.05) is 13.6 Å². The van der Waals surface area contributed by atoms with E-state index in [2.05, 4.69) is 6.07 Å². The number of aryl methyl sites for hydroxylation is 2. The minimum Gasteiger partial charge on any atom is -0.485 e. The number of rotatable bonds is 7. The number of hydrogen-bond donors (Lipinski definition) is 1. The second kappa shape index (κ2) is 7.31. The molecule has 0 saturated heterocycles. The van der Waals surface area contributed by atoms with Crippen molar-refractivity contribution in [1.29, 1.82) is 0 Å². The van der Waals surface area contributed by atoms with Crippen LogP contribution in [0.1, 0.15) is 40.3 Å². The van der Waals surface area contributed by atoms with E-state index in [1.807, 2.05) is 26.0 Å². The topological polar surface area (TPSA) is 62.9 Å². The lowest BCUT2D eigenvalue weighted by Crippen LogP contribution is -2.35. The highest BCUT2D eigenvalue weighted by molar-refractivity contribution is 5.91. The molecular formula is C20H25NO4. The Morgan fingerprint density at radius 2 is 2.08 bits per heavy atom. The molecule has 5 nitrogen and oxygen atoms in total. The molecule has 0 aliphatic heterocycles. The fourth-order valence-corrected chi connectivity index (χ4v) is 2.86. The van der Waals surface area contributed by atoms with Gasteiger partial charge in [-0.05, 0) is 56.4 Å². The first-order valence-corrected chi connectivity index (χ1v) is 8.66. The van der Waals surface area contributed by atoms with Crippen LogP contribution in [0.15, 0.2) is 34.7 Å². The Bertz CT molecular complexity index is 748. The number of ether oxygens (including phenoxy) is 1. The van der Waals surface area contributed by atoms with Crippen LogP contribution in [0.3, 0.4) is 0 Å². The molecule has 1 N–H and O–H groups in total. The van der Waals surface area contributed by atoms with Crippen molar-refractivity contribution < 1.29 is 19.1 Å². The van der Waals surface area contributed by atoms with Crippen molar-refractivity contribution in [3.63, 3.8) is 0 Å². The third kappa shape index (κ3) is 4.42. The van der Waals surface area contributed by atoms with Crippen LogP contribution in [-0.4, -0.2) is 35.6 Å². The minimum absolute atomic E-state index is 0.225. The number of aliphatic hydroxyl groups excluding tert-OH is 1. The van der Waals surface area contributed by atoms with Crippen LogP contribution in [0.4, 0.5) is 0 Å². The fraction of sp³-hybridized carbons (Fsp3) is 0.450. The van der Waals surface area contributed by atoms with Gasteiger partial charge in [-0.25, -0.2) is 0 Å². The normalized spacial score (nSPS) is 15.0. The Balaban J connectivity index is 1.56. The maximum absolute atomic E-state index is 12.4. The number of benzene rings is 1. The maximum atomic E-state index is 12.4. The predicted octanol–water partition coefficient (Wildman–Crippen LogP) is 3.32. The lowest BCUT2D eigenvalue weighted by atomic mass is 10.1. The molecule has 0 radical (unpaired) electrons. The summed E-state index contributed by atoms with van der Waals surface area (Å²) in [5.74, 6) is 1.79. The number of nitrogens with zero attached hydrogens (tertiary/aromatic N) is 1. The zero-order valence-electron chi connectivity index (χ0n) is 15.0. The molecule has 1 heterocycles. The number of carbonyl (C=O) groups excluding carboxylic acids is 1. The van der Waals surface area contributed by atoms with Gasteiger partial charge in [-0.3, -0.25) is 4.79 Å². The molecule has 1 unspecified atom stereocenters. The number of furan rings is 1. The fourth-order valence-electron chi connectivity index (χ4n) is 2.86. The van der Waals surface area contributed by atoms with Crippen molar-refractivity contribution in [1.82, 2.24) is 4.90 Å². The first-order chi connectivity index (χ1) is 11.9. The number of hydrogen-bond acceptors (Lipinski definition) is 4. The van der Waals surface area contributed by atoms with Gasteiger partial charge in [-0.1, -0.05) is 17.7 Å². The summed E-state index contributed by atoms with van der Waals surface area (Å²) in [6, 6.07) is 9.41. The van der Waals surface area contributed by atoms with Crippen molar-refractivity contribution in [3.05, 3.63) is 53.0 Å². The first kappa shape index (κ1) is 17.5. The van der Waals surface area contributed by atoms with Crippen molar-refractivity contribution >= 4 is 5.91 Å². The summed E-state index contributed by atoms with van der Waals surface area (Å²) in [5, 5.41) is 9.97. The first-order valence-electron chi connectivity index (χ1n) is 8.66. The number of carbonyl (C=O) groups is 1. The molecule has 1 amide bonds. The van der Waals surface area contributed by atoms with E-state index < -0.39 is 6.10 Å². The standard InChI is InChI=1S/C20H25NO4/c1-13-4-8-18(14(2)10-13)24-12-16-7-9-19(25-16)20(23)21(3)11-17(22)15-5-6-15/h4,7-10,15,17,22H,5-6,11-12H2,1-3H3. The Kier molecular flexibility index (Phi) is 5.13. The summed E-state index contributed by atoms with van der Waals surface area (Å²) >= 11 is 0. The van der Waals surface area contributed by atoms with Gasteiger partial charge in [0.1, 0.15) is 18.1 Å². The second-order valence-corrected chi connectivity index (χ2v) is 6.91. The molecule has 1 aliphatic carbocycles. The summed E-state index contributed by atoms with van der Waals surface area (Å²) in [6.45, 7) is 4.64. The average molecular weight is 343 g/mol. The van der Waals surface area contributed by atoms with E-state index in [9.17, 15) is 9.90 Å². The molecule has 1 saturated carbocycles. The molecule has 0 spiro atoms. The summed E-state index contributed by atoms with van der Waals surface area (Å²) < 4.78 is 11.4. The molecule has 1 aliphatic rings. The largest absolute Gasteiger partial charge is 0.485 e. The van der Waals surface area contributed by atoms with E-state index >= 15 is 0 Å². The number of aliphatic hydroxyl groups is 1. The number of amides is 1. The quantitative estimate of drug-likeness (QED) is 0.838. The van der Waals surface area contributed by atoms with E-state index in [-0.39, 0.29) is 18.3 Å². The summed E-state index contributed by atoms with van der Waals surface area (Å²) in [5.41, 5.74) is 2.25. The van der Waals surface area contributed by atoms with Gasteiger partial charge in [-0.15, -0.1) is 0 Å². The highest BCUT2D eigenvalue weighted by atomic mass is 16.5. The molecule has 5 heteroatoms. The molecule has 1 atom stereocenters. The molecule has 25 heavy (non-hydrogen) atoms. The van der Waals surface area contributed by atoms with Crippen LogP contribution in [0.25, 0.3) is 0 Å². The van der Waals surface area contributed by atoms with Crippen LogP contribution < -0.4 is 4.74 Å². The van der Waals surface area contributed by atoms with Crippen molar-refractivity contribution in [3.8, 4) is 5.75 Å². The summed E-state index contributed by atoms with van der Waals surface area (Å²) in [6.07, 6.45) is 1.64. The SMILES string of the molecule is Cc1ccc(OCc2ccc(C(=O)N(C)CC(O)C3CC3)o2)c(C)c1. The Hall–Kier alpha value is -2.27. The Morgan fingerprint density at radius 3 is 2.76 bits per heavy atom. The van der Waals surface area contributed by atoms with Crippen LogP contribution in [0, 0.1) is 19.8 Å². The maximum Gasteiger partial charge on any atom is 0.289 e. The molecule has 3 rings (SSSR count). The van der Waals surface area contributed by atoms with Crippen LogP contribution >= 0.6 is 0 Å². The van der Waals surface area contributed by atoms with Gasteiger partial charge in [-0.2, -0.15) is 0 Å². The van der Waals surface area contributed by atoms with E-state index in [4.69, 9.17) is 9.15 Å². The van der Waals surface area contributed by atoms with Gasteiger partial charge in [0.15, 0.2) is 5.76 Å². The zero-order valence-corrected chi connectivity index (χ0v) is 15.0. The zero-order chi connectivity index (χ0) is 18.0. The van der Waals surface area contributed by atoms with Gasteiger partial charge >= 0.3 is 0 Å². The smallest absolute Gasteiger partial charge is 0.289 e. The van der Waals surface area contributed by atoms with Crippen LogP contribution in [0.2, 0.25) is 0 Å². The minimum atomic E-state index is -0.448. The molecule has 0 bridgehead atoms. The highest BCUT2D eigenvalue weighted by Gasteiger charge is 2.31. The van der Waals surface area contributed by atoms with Crippen molar-refractivity contribution in [2.45, 2.75) is 39.4 Å². The third-order valence-electron chi connectivity index (χ3n) is 4.55. The lowest BCUT2D eigenvalue weighted by Gasteiger charge is -2.19. The molecule has 2 aromatic rings. The molecule has 1 aromatic carbocycles. The van der Waals surface area contributed by atoms with E-state index in [1.54, 1.807) is 19.2 Å². The van der Waals surface area contributed by atoms with Gasteiger partial charge in [0.2, 0.25) is 0 Å². The van der Waals surface area contributed by atoms with E-state index in [1.165, 1.54) is 10.5 Å². The van der Waals surface area contributed by atoms with Crippen LogP contribution in [-0.2, 0) is 6.61 Å². The molecule has 1 aromatic heterocycles. The lowest BCUT2D eigenvalue weighted by molar-refractivity contribution is 0.0614. The third-order valence-corrected chi connectivity index (χ3v) is 4.55. The van der Waals surface area contributed by atoms with Gasteiger partial charge in [0.25, 0.3) is 5.91 Å².